The molecule has 208 valence electrons. The number of allylic oxidation sites excluding steroid dienone is 2. The summed E-state index contributed by atoms with van der Waals surface area (Å²) in [7, 11) is 0. The van der Waals surface area contributed by atoms with Crippen molar-refractivity contribution in [1.29, 1.82) is 0 Å². The number of carbonyl (C=O) groups is 2. The molecule has 0 radical (unpaired) electrons. The van der Waals surface area contributed by atoms with Crippen LogP contribution in [-0.4, -0.2) is 25.2 Å². The average molecular weight is 561 g/mol. The van der Waals surface area contributed by atoms with Crippen LogP contribution in [0.25, 0.3) is 0 Å². The van der Waals surface area contributed by atoms with Gasteiger partial charge in [0.05, 0.1) is 18.2 Å². The van der Waals surface area contributed by atoms with E-state index in [4.69, 9.17) is 30.5 Å². The number of benzene rings is 3. The highest BCUT2D eigenvalue weighted by atomic mass is 35.5. The minimum atomic E-state index is -0.444. The number of esters is 2. The summed E-state index contributed by atoms with van der Waals surface area (Å²) in [5.74, 6) is 0.765. The lowest BCUT2D eigenvalue weighted by molar-refractivity contribution is -0.138. The molecule has 40 heavy (non-hydrogen) atoms. The molecule has 0 aliphatic rings. The molecule has 0 N–H and O–H groups in total. The largest absolute Gasteiger partial charge is 0.493 e. The van der Waals surface area contributed by atoms with Gasteiger partial charge in [0.25, 0.3) is 0 Å². The second-order valence-electron chi connectivity index (χ2n) is 8.93. The Hall–Kier alpha value is -4.29. The summed E-state index contributed by atoms with van der Waals surface area (Å²) in [6, 6.07) is 20.4. The summed E-state index contributed by atoms with van der Waals surface area (Å²) in [4.78, 5) is 23.4. The van der Waals surface area contributed by atoms with E-state index in [0.29, 0.717) is 48.3 Å². The number of halogens is 1. The minimum absolute atomic E-state index is 0.247. The Kier molecular flexibility index (Phi) is 12.1. The standard InChI is InChI=1S/C33H33ClO6/c1-4-24(3)21-26-9-7-25(8-10-26)13-18-33(36)40-29-16-17-31(30(34)22-29)39-23-27-11-14-28(15-12-27)37-19-6-20-38-32(35)5-2/h4-5,7-12,14-17,22H,1-3,6,13,18-21,23H2. The van der Waals surface area contributed by atoms with Gasteiger partial charge in [-0.15, -0.1) is 0 Å². The zero-order chi connectivity index (χ0) is 28.7. The summed E-state index contributed by atoms with van der Waals surface area (Å²) in [5, 5.41) is 0.346. The maximum absolute atomic E-state index is 12.4. The summed E-state index contributed by atoms with van der Waals surface area (Å²) < 4.78 is 21.8. The Labute approximate surface area is 240 Å². The molecular formula is C33H33ClO6. The molecule has 0 aromatic heterocycles. The molecule has 3 aromatic carbocycles. The van der Waals surface area contributed by atoms with Gasteiger partial charge in [-0.3, -0.25) is 4.79 Å². The molecule has 0 amide bonds. The Morgan fingerprint density at radius 3 is 2.15 bits per heavy atom. The van der Waals surface area contributed by atoms with Crippen LogP contribution >= 0.6 is 11.6 Å². The molecule has 0 saturated heterocycles. The first-order valence-electron chi connectivity index (χ1n) is 12.9. The molecule has 0 spiro atoms. The smallest absolute Gasteiger partial charge is 0.330 e. The summed E-state index contributed by atoms with van der Waals surface area (Å²) in [6.45, 7) is 12.0. The van der Waals surface area contributed by atoms with Gasteiger partial charge in [0, 0.05) is 25.0 Å². The van der Waals surface area contributed by atoms with Gasteiger partial charge in [0.15, 0.2) is 0 Å². The number of hydrogen-bond donors (Lipinski definition) is 0. The number of aryl methyl sites for hydroxylation is 1. The Bertz CT molecular complexity index is 1310. The van der Waals surface area contributed by atoms with Crippen LogP contribution in [0, 0.1) is 0 Å². The number of carbonyl (C=O) groups excluding carboxylic acids is 2. The van der Waals surface area contributed by atoms with Gasteiger partial charge in [-0.1, -0.05) is 79.4 Å². The van der Waals surface area contributed by atoms with Crippen molar-refractivity contribution in [3.8, 4) is 17.2 Å². The van der Waals surface area contributed by atoms with E-state index in [9.17, 15) is 9.59 Å². The second-order valence-corrected chi connectivity index (χ2v) is 9.34. The van der Waals surface area contributed by atoms with E-state index in [1.165, 1.54) is 0 Å². The third-order valence-corrected chi connectivity index (χ3v) is 6.08. The lowest BCUT2D eigenvalue weighted by Gasteiger charge is -2.11. The van der Waals surface area contributed by atoms with Gasteiger partial charge in [-0.2, -0.15) is 0 Å². The van der Waals surface area contributed by atoms with Crippen LogP contribution in [-0.2, 0) is 33.8 Å². The van der Waals surface area contributed by atoms with E-state index in [2.05, 4.69) is 19.7 Å². The summed E-state index contributed by atoms with van der Waals surface area (Å²) in [6.07, 6.45) is 5.04. The van der Waals surface area contributed by atoms with Crippen molar-refractivity contribution in [1.82, 2.24) is 0 Å². The fourth-order valence-electron chi connectivity index (χ4n) is 3.57. The van der Waals surface area contributed by atoms with Crippen LogP contribution in [0.1, 0.15) is 29.5 Å². The lowest BCUT2D eigenvalue weighted by atomic mass is 10.0. The molecule has 0 heterocycles. The number of rotatable bonds is 16. The van der Waals surface area contributed by atoms with Crippen molar-refractivity contribution in [3.63, 3.8) is 0 Å². The third kappa shape index (κ3) is 10.5. The SMILES string of the molecule is C=CC(=C)Cc1ccc(CCC(=O)Oc2ccc(OCc3ccc(OCCCOC(=O)C=C)cc3)c(Cl)c2)cc1. The zero-order valence-corrected chi connectivity index (χ0v) is 23.2. The Balaban J connectivity index is 1.40. The van der Waals surface area contributed by atoms with Gasteiger partial charge >= 0.3 is 11.9 Å². The lowest BCUT2D eigenvalue weighted by Crippen LogP contribution is -2.09. The molecule has 6 nitrogen and oxygen atoms in total. The van der Waals surface area contributed by atoms with Gasteiger partial charge in [-0.05, 0) is 53.8 Å². The average Bonchev–Trinajstić information content (AvgIpc) is 2.96. The second kappa shape index (κ2) is 16.0. The predicted molar refractivity (Wildman–Crippen MR) is 157 cm³/mol. The highest BCUT2D eigenvalue weighted by Crippen LogP contribution is 2.30. The predicted octanol–water partition coefficient (Wildman–Crippen LogP) is 7.24. The van der Waals surface area contributed by atoms with Gasteiger partial charge in [0.1, 0.15) is 23.9 Å². The van der Waals surface area contributed by atoms with Gasteiger partial charge < -0.3 is 18.9 Å². The monoisotopic (exact) mass is 560 g/mol. The number of ether oxygens (including phenoxy) is 4. The number of hydrogen-bond acceptors (Lipinski definition) is 6. The van der Waals surface area contributed by atoms with Crippen LogP contribution in [0.5, 0.6) is 17.2 Å². The van der Waals surface area contributed by atoms with Gasteiger partial charge in [-0.25, -0.2) is 4.79 Å². The van der Waals surface area contributed by atoms with Crippen LogP contribution in [0.3, 0.4) is 0 Å². The van der Waals surface area contributed by atoms with Gasteiger partial charge in [0.2, 0.25) is 0 Å². The first-order valence-corrected chi connectivity index (χ1v) is 13.3. The fourth-order valence-corrected chi connectivity index (χ4v) is 3.80. The van der Waals surface area contributed by atoms with E-state index >= 15 is 0 Å². The van der Waals surface area contributed by atoms with E-state index in [0.717, 1.165) is 34.8 Å². The topological polar surface area (TPSA) is 71.1 Å². The summed E-state index contributed by atoms with van der Waals surface area (Å²) >= 11 is 6.36. The first kappa shape index (κ1) is 30.3. The maximum Gasteiger partial charge on any atom is 0.330 e. The molecule has 0 unspecified atom stereocenters. The normalized spacial score (nSPS) is 10.3. The van der Waals surface area contributed by atoms with Crippen molar-refractivity contribution in [2.45, 2.75) is 32.3 Å². The molecule has 7 heteroatoms. The van der Waals surface area contributed by atoms with E-state index < -0.39 is 5.97 Å². The van der Waals surface area contributed by atoms with Crippen LogP contribution in [0.2, 0.25) is 5.02 Å². The van der Waals surface area contributed by atoms with E-state index in [-0.39, 0.29) is 19.0 Å². The molecule has 0 fully saturated rings. The highest BCUT2D eigenvalue weighted by molar-refractivity contribution is 6.32. The first-order chi connectivity index (χ1) is 19.4. The fraction of sp³-hybridized carbons (Fsp3) is 0.212. The highest BCUT2D eigenvalue weighted by Gasteiger charge is 2.10. The zero-order valence-electron chi connectivity index (χ0n) is 22.4. The van der Waals surface area contributed by atoms with E-state index in [1.807, 2.05) is 48.5 Å². The molecular weight excluding hydrogens is 528 g/mol. The molecule has 0 aliphatic carbocycles. The quantitative estimate of drug-likeness (QED) is 0.0604. The molecule has 0 bridgehead atoms. The molecule has 0 atom stereocenters. The van der Waals surface area contributed by atoms with Crippen molar-refractivity contribution in [3.05, 3.63) is 126 Å². The van der Waals surface area contributed by atoms with Crippen molar-refractivity contribution < 1.29 is 28.5 Å². The molecule has 3 aromatic rings. The van der Waals surface area contributed by atoms with Crippen LogP contribution in [0.4, 0.5) is 0 Å². The van der Waals surface area contributed by atoms with E-state index in [1.54, 1.807) is 24.3 Å². The Morgan fingerprint density at radius 1 is 0.800 bits per heavy atom. The minimum Gasteiger partial charge on any atom is -0.493 e. The Morgan fingerprint density at radius 2 is 1.48 bits per heavy atom. The van der Waals surface area contributed by atoms with Crippen molar-refractivity contribution >= 4 is 23.5 Å². The van der Waals surface area contributed by atoms with Crippen molar-refractivity contribution in [2.24, 2.45) is 0 Å². The third-order valence-electron chi connectivity index (χ3n) is 5.78. The summed E-state index contributed by atoms with van der Waals surface area (Å²) in [5.41, 5.74) is 4.09. The molecule has 0 aliphatic heterocycles. The van der Waals surface area contributed by atoms with Crippen LogP contribution < -0.4 is 14.2 Å². The van der Waals surface area contributed by atoms with Crippen LogP contribution in [0.15, 0.2) is 104 Å². The molecule has 0 saturated carbocycles. The molecule has 3 rings (SSSR count). The van der Waals surface area contributed by atoms with Crippen molar-refractivity contribution in [2.75, 3.05) is 13.2 Å². The maximum atomic E-state index is 12.4.